The van der Waals surface area contributed by atoms with E-state index in [2.05, 4.69) is 5.10 Å². The van der Waals surface area contributed by atoms with Crippen LogP contribution >= 0.6 is 0 Å². The van der Waals surface area contributed by atoms with Crippen molar-refractivity contribution in [1.29, 1.82) is 0 Å². The molecule has 0 amide bonds. The van der Waals surface area contributed by atoms with E-state index in [1.54, 1.807) is 0 Å². The van der Waals surface area contributed by atoms with Crippen LogP contribution in [0.3, 0.4) is 0 Å². The van der Waals surface area contributed by atoms with E-state index in [1.807, 2.05) is 24.6 Å². The lowest BCUT2D eigenvalue weighted by Gasteiger charge is -2.27. The number of nitrogens with zero attached hydrogens (tertiary/aromatic N) is 2. The number of ketones is 1. The van der Waals surface area contributed by atoms with Crippen molar-refractivity contribution >= 4 is 5.78 Å². The molecule has 0 saturated carbocycles. The van der Waals surface area contributed by atoms with Crippen molar-refractivity contribution in [3.05, 3.63) is 17.5 Å². The lowest BCUT2D eigenvalue weighted by molar-refractivity contribution is -0.156. The summed E-state index contributed by atoms with van der Waals surface area (Å²) in [7, 11) is 0. The Kier molecular flexibility index (Phi) is 2.12. The fraction of sp³-hybridized carbons (Fsp3) is 0.636. The van der Waals surface area contributed by atoms with Crippen LogP contribution in [0, 0.1) is 13.8 Å². The maximum Gasteiger partial charge on any atom is 0.218 e. The Morgan fingerprint density at radius 1 is 1.50 bits per heavy atom. The van der Waals surface area contributed by atoms with Gasteiger partial charge >= 0.3 is 0 Å². The van der Waals surface area contributed by atoms with Gasteiger partial charge in [-0.15, -0.1) is 0 Å². The normalized spacial score (nSPS) is 33.4. The van der Waals surface area contributed by atoms with E-state index < -0.39 is 6.29 Å². The molecule has 0 N–H and O–H groups in total. The molecular weight excluding hydrogens is 208 g/mol. The fourth-order valence-electron chi connectivity index (χ4n) is 2.45. The molecule has 0 spiro atoms. The van der Waals surface area contributed by atoms with Gasteiger partial charge < -0.3 is 9.47 Å². The van der Waals surface area contributed by atoms with Gasteiger partial charge in [0, 0.05) is 12.1 Å². The standard InChI is InChI=1S/C11H14N2O3/c1-6-3-7(2)13(12-6)8-4-9(14)11-15-5-10(8)16-11/h3,8,10-11H,4-5H2,1-2H3/t8-,10+,11+/m0/s1. The summed E-state index contributed by atoms with van der Waals surface area (Å²) in [6.07, 6.45) is -0.212. The van der Waals surface area contributed by atoms with E-state index in [0.717, 1.165) is 11.4 Å². The van der Waals surface area contributed by atoms with E-state index in [0.29, 0.717) is 13.0 Å². The van der Waals surface area contributed by atoms with Crippen molar-refractivity contribution in [2.75, 3.05) is 6.61 Å². The van der Waals surface area contributed by atoms with Gasteiger partial charge in [-0.2, -0.15) is 5.10 Å². The Labute approximate surface area is 93.3 Å². The first-order valence-electron chi connectivity index (χ1n) is 5.47. The number of ether oxygens (including phenoxy) is 2. The molecule has 86 valence electrons. The number of fused-ring (bicyclic) bond motifs is 2. The van der Waals surface area contributed by atoms with E-state index in [9.17, 15) is 4.79 Å². The minimum atomic E-state index is -0.627. The molecule has 2 aliphatic rings. The number of aryl methyl sites for hydroxylation is 2. The Morgan fingerprint density at radius 2 is 2.31 bits per heavy atom. The molecule has 5 nitrogen and oxygen atoms in total. The number of aromatic nitrogens is 2. The second-order valence-electron chi connectivity index (χ2n) is 4.45. The molecule has 1 aromatic heterocycles. The van der Waals surface area contributed by atoms with Crippen LogP contribution in [0.25, 0.3) is 0 Å². The summed E-state index contributed by atoms with van der Waals surface area (Å²) in [4.78, 5) is 11.7. The molecule has 0 radical (unpaired) electrons. The summed E-state index contributed by atoms with van der Waals surface area (Å²) in [6.45, 7) is 4.43. The average molecular weight is 222 g/mol. The molecule has 2 aliphatic heterocycles. The Hall–Kier alpha value is -1.20. The zero-order valence-corrected chi connectivity index (χ0v) is 9.34. The zero-order chi connectivity index (χ0) is 11.3. The number of carbonyl (C=O) groups excluding carboxylic acids is 1. The maximum atomic E-state index is 11.7. The minimum Gasteiger partial charge on any atom is -0.343 e. The van der Waals surface area contributed by atoms with Crippen LogP contribution in [0.2, 0.25) is 0 Å². The second-order valence-corrected chi connectivity index (χ2v) is 4.45. The van der Waals surface area contributed by atoms with Crippen LogP contribution in [0.1, 0.15) is 23.9 Å². The molecule has 3 heterocycles. The van der Waals surface area contributed by atoms with Crippen molar-refractivity contribution in [1.82, 2.24) is 9.78 Å². The molecule has 3 rings (SSSR count). The highest BCUT2D eigenvalue weighted by atomic mass is 16.7. The molecular formula is C11H14N2O3. The Bertz CT molecular complexity index is 440. The van der Waals surface area contributed by atoms with E-state index in [1.165, 1.54) is 0 Å². The maximum absolute atomic E-state index is 11.7. The monoisotopic (exact) mass is 222 g/mol. The van der Waals surface area contributed by atoms with Gasteiger partial charge in [0.1, 0.15) is 6.10 Å². The largest absolute Gasteiger partial charge is 0.343 e. The summed E-state index contributed by atoms with van der Waals surface area (Å²) in [5.41, 5.74) is 2.02. The van der Waals surface area contributed by atoms with Crippen LogP contribution in [-0.4, -0.2) is 34.6 Å². The first-order valence-corrected chi connectivity index (χ1v) is 5.47. The molecule has 0 aromatic carbocycles. The minimum absolute atomic E-state index is 0.0139. The molecule has 3 atom stereocenters. The molecule has 16 heavy (non-hydrogen) atoms. The van der Waals surface area contributed by atoms with Crippen molar-refractivity contribution in [3.8, 4) is 0 Å². The van der Waals surface area contributed by atoms with Gasteiger partial charge in [-0.05, 0) is 19.9 Å². The number of rotatable bonds is 1. The number of hydrogen-bond donors (Lipinski definition) is 0. The molecule has 1 aromatic rings. The third kappa shape index (κ3) is 1.39. The third-order valence-electron chi connectivity index (χ3n) is 3.17. The molecule has 2 bridgehead atoms. The van der Waals surface area contributed by atoms with Crippen molar-refractivity contribution in [2.45, 2.75) is 38.7 Å². The lowest BCUT2D eigenvalue weighted by Crippen LogP contribution is -2.37. The molecule has 2 saturated heterocycles. The van der Waals surface area contributed by atoms with Gasteiger partial charge in [0.2, 0.25) is 6.29 Å². The van der Waals surface area contributed by atoms with Crippen molar-refractivity contribution < 1.29 is 14.3 Å². The third-order valence-corrected chi connectivity index (χ3v) is 3.17. The van der Waals surface area contributed by atoms with E-state index in [-0.39, 0.29) is 17.9 Å². The van der Waals surface area contributed by atoms with Crippen molar-refractivity contribution in [3.63, 3.8) is 0 Å². The average Bonchev–Trinajstić information content (AvgIpc) is 2.78. The van der Waals surface area contributed by atoms with Crippen LogP contribution in [0.5, 0.6) is 0 Å². The summed E-state index contributed by atoms with van der Waals surface area (Å²) >= 11 is 0. The first kappa shape index (κ1) is 9.99. The summed E-state index contributed by atoms with van der Waals surface area (Å²) in [6, 6.07) is 1.99. The first-order chi connectivity index (χ1) is 7.65. The molecule has 5 heteroatoms. The van der Waals surface area contributed by atoms with Gasteiger partial charge in [-0.3, -0.25) is 9.48 Å². The van der Waals surface area contributed by atoms with Gasteiger partial charge in [0.15, 0.2) is 5.78 Å². The van der Waals surface area contributed by atoms with Gasteiger partial charge in [-0.25, -0.2) is 0 Å². The van der Waals surface area contributed by atoms with Crippen LogP contribution in [0.15, 0.2) is 6.07 Å². The van der Waals surface area contributed by atoms with Gasteiger partial charge in [-0.1, -0.05) is 0 Å². The molecule has 0 aliphatic carbocycles. The quantitative estimate of drug-likeness (QED) is 0.703. The predicted molar refractivity (Wildman–Crippen MR) is 55.0 cm³/mol. The highest BCUT2D eigenvalue weighted by Crippen LogP contribution is 2.33. The van der Waals surface area contributed by atoms with E-state index in [4.69, 9.17) is 9.47 Å². The van der Waals surface area contributed by atoms with Crippen LogP contribution in [-0.2, 0) is 14.3 Å². The number of carbonyl (C=O) groups is 1. The highest BCUT2D eigenvalue weighted by molar-refractivity contribution is 5.83. The smallest absolute Gasteiger partial charge is 0.218 e. The summed E-state index contributed by atoms with van der Waals surface area (Å²) in [5.74, 6) is 0.0197. The lowest BCUT2D eigenvalue weighted by atomic mass is 10.0. The fourth-order valence-corrected chi connectivity index (χ4v) is 2.45. The van der Waals surface area contributed by atoms with Gasteiger partial charge in [0.25, 0.3) is 0 Å². The number of Topliss-reactive ketones (excluding diaryl/α,β-unsaturated/α-hetero) is 1. The van der Waals surface area contributed by atoms with Crippen molar-refractivity contribution in [2.24, 2.45) is 0 Å². The highest BCUT2D eigenvalue weighted by Gasteiger charge is 2.44. The van der Waals surface area contributed by atoms with E-state index >= 15 is 0 Å². The van der Waals surface area contributed by atoms with Crippen LogP contribution in [0.4, 0.5) is 0 Å². The molecule has 0 unspecified atom stereocenters. The summed E-state index contributed by atoms with van der Waals surface area (Å²) < 4.78 is 12.7. The number of hydrogen-bond acceptors (Lipinski definition) is 4. The zero-order valence-electron chi connectivity index (χ0n) is 9.34. The SMILES string of the molecule is Cc1cc(C)n([C@H]2CC(=O)[C@@H]3OC[C@H]2O3)n1. The Morgan fingerprint density at radius 3 is 3.00 bits per heavy atom. The predicted octanol–water partition coefficient (Wildman–Crippen LogP) is 0.755. The summed E-state index contributed by atoms with van der Waals surface area (Å²) in [5, 5.41) is 4.41. The Balaban J connectivity index is 1.95. The topological polar surface area (TPSA) is 53.4 Å². The second kappa shape index (κ2) is 3.40. The molecule has 2 fully saturated rings. The van der Waals surface area contributed by atoms with Crippen LogP contribution < -0.4 is 0 Å². The van der Waals surface area contributed by atoms with Gasteiger partial charge in [0.05, 0.1) is 18.3 Å².